The second-order valence-corrected chi connectivity index (χ2v) is 8.10. The van der Waals surface area contributed by atoms with Crippen molar-refractivity contribution in [1.82, 2.24) is 20.1 Å². The lowest BCUT2D eigenvalue weighted by Gasteiger charge is -2.07. The summed E-state index contributed by atoms with van der Waals surface area (Å²) in [5.41, 5.74) is 3.36. The predicted molar refractivity (Wildman–Crippen MR) is 131 cm³/mol. The van der Waals surface area contributed by atoms with E-state index in [-0.39, 0.29) is 5.91 Å². The topological polar surface area (TPSA) is 95.6 Å². The number of hydrogen-bond donors (Lipinski definition) is 2. The van der Waals surface area contributed by atoms with Crippen molar-refractivity contribution < 1.29 is 4.79 Å². The molecular formula is C25H22N6OS. The largest absolute Gasteiger partial charge is 0.367 e. The van der Waals surface area contributed by atoms with Gasteiger partial charge in [-0.25, -0.2) is 4.98 Å². The summed E-state index contributed by atoms with van der Waals surface area (Å²) in [6.45, 7) is 1.51. The minimum atomic E-state index is -0.203. The third kappa shape index (κ3) is 5.93. The van der Waals surface area contributed by atoms with Gasteiger partial charge in [0.15, 0.2) is 0 Å². The number of pyridine rings is 1. The van der Waals surface area contributed by atoms with E-state index in [0.717, 1.165) is 21.7 Å². The van der Waals surface area contributed by atoms with Crippen molar-refractivity contribution in [2.24, 2.45) is 0 Å². The lowest BCUT2D eigenvalue weighted by atomic mass is 10.2. The Morgan fingerprint density at radius 3 is 2.79 bits per heavy atom. The van der Waals surface area contributed by atoms with Crippen molar-refractivity contribution in [2.45, 2.75) is 6.54 Å². The quantitative estimate of drug-likeness (QED) is 0.292. The maximum absolute atomic E-state index is 12.3. The first kappa shape index (κ1) is 22.0. The number of nitrogens with zero attached hydrogens (tertiary/aromatic N) is 4. The standard InChI is InChI=1S/C25H22N6OS/c26-16-20-8-4-12-28-25(20)29-14-13-27-23(32)11-10-21-18-31(17-19-6-2-1-3-7-19)30-24(21)22-9-5-15-33-22/h1-12,15,18H,13-14,17H2,(H,27,32)(H,28,29). The molecule has 8 heteroatoms. The van der Waals surface area contributed by atoms with E-state index in [1.165, 1.54) is 6.08 Å². The van der Waals surface area contributed by atoms with Gasteiger partial charge in [0.2, 0.25) is 5.91 Å². The minimum Gasteiger partial charge on any atom is -0.367 e. The molecular weight excluding hydrogens is 432 g/mol. The molecule has 0 unspecified atom stereocenters. The van der Waals surface area contributed by atoms with Crippen molar-refractivity contribution in [3.05, 3.63) is 95.1 Å². The molecule has 0 radical (unpaired) electrons. The molecule has 0 bridgehead atoms. The molecule has 3 heterocycles. The molecule has 0 spiro atoms. The fraction of sp³-hybridized carbons (Fsp3) is 0.120. The van der Waals surface area contributed by atoms with Crippen LogP contribution in [-0.2, 0) is 11.3 Å². The normalized spacial score (nSPS) is 10.8. The predicted octanol–water partition coefficient (Wildman–Crippen LogP) is 4.17. The van der Waals surface area contributed by atoms with Gasteiger partial charge in [-0.15, -0.1) is 11.3 Å². The van der Waals surface area contributed by atoms with Gasteiger partial charge in [0.05, 0.1) is 17.0 Å². The summed E-state index contributed by atoms with van der Waals surface area (Å²) in [6, 6.07) is 19.6. The Hall–Kier alpha value is -4.22. The van der Waals surface area contributed by atoms with Gasteiger partial charge in [0, 0.05) is 37.1 Å². The van der Waals surface area contributed by atoms with Gasteiger partial charge in [-0.05, 0) is 35.2 Å². The van der Waals surface area contributed by atoms with Crippen molar-refractivity contribution in [2.75, 3.05) is 18.4 Å². The molecule has 4 aromatic rings. The monoisotopic (exact) mass is 454 g/mol. The zero-order valence-electron chi connectivity index (χ0n) is 17.8. The third-order valence-electron chi connectivity index (χ3n) is 4.79. The molecule has 0 atom stereocenters. The summed E-state index contributed by atoms with van der Waals surface area (Å²) in [5.74, 6) is 0.308. The number of carbonyl (C=O) groups is 1. The van der Waals surface area contributed by atoms with E-state index in [4.69, 9.17) is 10.4 Å². The molecule has 0 saturated heterocycles. The van der Waals surface area contributed by atoms with Crippen LogP contribution < -0.4 is 10.6 Å². The number of anilines is 1. The lowest BCUT2D eigenvalue weighted by Crippen LogP contribution is -2.27. The average molecular weight is 455 g/mol. The average Bonchev–Trinajstić information content (AvgIpc) is 3.51. The SMILES string of the molecule is N#Cc1cccnc1NCCNC(=O)C=Cc1cn(Cc2ccccc2)nc1-c1cccs1. The Labute approximate surface area is 196 Å². The Kier molecular flexibility index (Phi) is 7.25. The van der Waals surface area contributed by atoms with Crippen LogP contribution in [0, 0.1) is 11.3 Å². The van der Waals surface area contributed by atoms with E-state index in [0.29, 0.717) is 31.0 Å². The number of hydrogen-bond acceptors (Lipinski definition) is 6. The summed E-state index contributed by atoms with van der Waals surface area (Å²) >= 11 is 1.61. The summed E-state index contributed by atoms with van der Waals surface area (Å²) < 4.78 is 1.89. The van der Waals surface area contributed by atoms with E-state index in [1.54, 1.807) is 35.7 Å². The van der Waals surface area contributed by atoms with E-state index in [2.05, 4.69) is 33.8 Å². The van der Waals surface area contributed by atoms with Crippen LogP contribution in [0.4, 0.5) is 5.82 Å². The van der Waals surface area contributed by atoms with Crippen molar-refractivity contribution in [3.8, 4) is 16.6 Å². The number of aromatic nitrogens is 3. The molecule has 0 aliphatic rings. The van der Waals surface area contributed by atoms with Gasteiger partial charge in [-0.3, -0.25) is 9.48 Å². The van der Waals surface area contributed by atoms with E-state index in [9.17, 15) is 4.79 Å². The zero-order chi connectivity index (χ0) is 22.9. The van der Waals surface area contributed by atoms with Crippen LogP contribution in [0.3, 0.4) is 0 Å². The maximum Gasteiger partial charge on any atom is 0.244 e. The molecule has 2 N–H and O–H groups in total. The minimum absolute atomic E-state index is 0.203. The first-order valence-corrected chi connectivity index (χ1v) is 11.3. The summed E-state index contributed by atoms with van der Waals surface area (Å²) in [6.07, 6.45) is 6.88. The highest BCUT2D eigenvalue weighted by atomic mass is 32.1. The molecule has 4 rings (SSSR count). The molecule has 0 aliphatic heterocycles. The summed E-state index contributed by atoms with van der Waals surface area (Å²) in [5, 5.41) is 21.8. The van der Waals surface area contributed by atoms with Crippen molar-refractivity contribution in [3.63, 3.8) is 0 Å². The highest BCUT2D eigenvalue weighted by Gasteiger charge is 2.11. The number of nitrogens with one attached hydrogen (secondary N) is 2. The van der Waals surface area contributed by atoms with Crippen LogP contribution in [-0.4, -0.2) is 33.8 Å². The third-order valence-corrected chi connectivity index (χ3v) is 5.67. The fourth-order valence-corrected chi connectivity index (χ4v) is 3.97. The van der Waals surface area contributed by atoms with Gasteiger partial charge < -0.3 is 10.6 Å². The molecule has 1 aromatic carbocycles. The number of benzene rings is 1. The van der Waals surface area contributed by atoms with Crippen LogP contribution in [0.2, 0.25) is 0 Å². The Bertz CT molecular complexity index is 1270. The summed E-state index contributed by atoms with van der Waals surface area (Å²) in [7, 11) is 0. The smallest absolute Gasteiger partial charge is 0.244 e. The number of carbonyl (C=O) groups excluding carboxylic acids is 1. The lowest BCUT2D eigenvalue weighted by molar-refractivity contribution is -0.116. The number of thiophene rings is 1. The molecule has 7 nitrogen and oxygen atoms in total. The van der Waals surface area contributed by atoms with Crippen LogP contribution in [0.25, 0.3) is 16.6 Å². The van der Waals surface area contributed by atoms with Crippen LogP contribution in [0.15, 0.2) is 78.4 Å². The van der Waals surface area contributed by atoms with E-state index in [1.807, 2.05) is 46.6 Å². The van der Waals surface area contributed by atoms with Crippen LogP contribution in [0.5, 0.6) is 0 Å². The first-order chi connectivity index (χ1) is 16.2. The molecule has 0 saturated carbocycles. The highest BCUT2D eigenvalue weighted by molar-refractivity contribution is 7.13. The van der Waals surface area contributed by atoms with Gasteiger partial charge in [-0.1, -0.05) is 36.4 Å². The molecule has 0 aliphatic carbocycles. The van der Waals surface area contributed by atoms with Crippen molar-refractivity contribution in [1.29, 1.82) is 5.26 Å². The Balaban J connectivity index is 1.38. The Morgan fingerprint density at radius 2 is 2.00 bits per heavy atom. The zero-order valence-corrected chi connectivity index (χ0v) is 18.6. The fourth-order valence-electron chi connectivity index (χ4n) is 3.24. The summed E-state index contributed by atoms with van der Waals surface area (Å²) in [4.78, 5) is 17.5. The second kappa shape index (κ2) is 10.9. The van der Waals surface area contributed by atoms with Gasteiger partial charge in [0.1, 0.15) is 17.6 Å². The van der Waals surface area contributed by atoms with Gasteiger partial charge >= 0.3 is 0 Å². The van der Waals surface area contributed by atoms with E-state index < -0.39 is 0 Å². The second-order valence-electron chi connectivity index (χ2n) is 7.16. The number of nitriles is 1. The van der Waals surface area contributed by atoms with Crippen LogP contribution in [0.1, 0.15) is 16.7 Å². The highest BCUT2D eigenvalue weighted by Crippen LogP contribution is 2.27. The molecule has 33 heavy (non-hydrogen) atoms. The maximum atomic E-state index is 12.3. The first-order valence-electron chi connectivity index (χ1n) is 10.4. The van der Waals surface area contributed by atoms with Crippen molar-refractivity contribution >= 4 is 29.1 Å². The number of rotatable bonds is 9. The Morgan fingerprint density at radius 1 is 1.12 bits per heavy atom. The van der Waals surface area contributed by atoms with Gasteiger partial charge in [0.25, 0.3) is 0 Å². The molecule has 164 valence electrons. The van der Waals surface area contributed by atoms with Crippen LogP contribution >= 0.6 is 11.3 Å². The molecule has 3 aromatic heterocycles. The molecule has 0 fully saturated rings. The van der Waals surface area contributed by atoms with Gasteiger partial charge in [-0.2, -0.15) is 10.4 Å². The molecule has 1 amide bonds. The number of amides is 1. The van der Waals surface area contributed by atoms with E-state index >= 15 is 0 Å².